The molecule has 2 heterocycles. The normalized spacial score (nSPS) is 11.0. The first-order valence-electron chi connectivity index (χ1n) is 7.31. The van der Waals surface area contributed by atoms with E-state index in [1.165, 1.54) is 10.4 Å². The number of aryl methyl sites for hydroxylation is 2. The summed E-state index contributed by atoms with van der Waals surface area (Å²) in [4.78, 5) is 11.5. The molecule has 3 rings (SSSR count). The molecule has 0 unspecified atom stereocenters. The van der Waals surface area contributed by atoms with Crippen molar-refractivity contribution in [2.45, 2.75) is 26.7 Å². The number of rotatable bonds is 5. The van der Waals surface area contributed by atoms with Crippen LogP contribution in [0.15, 0.2) is 36.4 Å². The van der Waals surface area contributed by atoms with Gasteiger partial charge in [-0.05, 0) is 31.4 Å². The summed E-state index contributed by atoms with van der Waals surface area (Å²) in [5.74, 6) is 1.79. The molecule has 0 aliphatic carbocycles. The van der Waals surface area contributed by atoms with Crippen molar-refractivity contribution < 1.29 is 0 Å². The predicted octanol–water partition coefficient (Wildman–Crippen LogP) is 4.22. The molecule has 21 heavy (non-hydrogen) atoms. The van der Waals surface area contributed by atoms with E-state index in [9.17, 15) is 0 Å². The molecule has 0 amide bonds. The van der Waals surface area contributed by atoms with E-state index in [1.54, 1.807) is 11.3 Å². The largest absolute Gasteiger partial charge is 0.369 e. The Morgan fingerprint density at radius 1 is 1.14 bits per heavy atom. The van der Waals surface area contributed by atoms with E-state index in [1.807, 2.05) is 13.0 Å². The lowest BCUT2D eigenvalue weighted by molar-refractivity contribution is 0.995. The SMILES string of the molecule is CCc1cc2c(NCCc3ccccc3)nc(C)nc2s1. The molecule has 0 saturated carbocycles. The van der Waals surface area contributed by atoms with E-state index in [0.29, 0.717) is 0 Å². The summed E-state index contributed by atoms with van der Waals surface area (Å²) >= 11 is 1.76. The third kappa shape index (κ3) is 3.22. The fourth-order valence-corrected chi connectivity index (χ4v) is 3.37. The molecular formula is C17H19N3S. The van der Waals surface area contributed by atoms with E-state index in [4.69, 9.17) is 0 Å². The highest BCUT2D eigenvalue weighted by Crippen LogP contribution is 2.29. The number of fused-ring (bicyclic) bond motifs is 1. The Balaban J connectivity index is 1.78. The van der Waals surface area contributed by atoms with Gasteiger partial charge in [0.15, 0.2) is 0 Å². The summed E-state index contributed by atoms with van der Waals surface area (Å²) < 4.78 is 0. The molecule has 2 aromatic heterocycles. The van der Waals surface area contributed by atoms with Crippen LogP contribution in [0.5, 0.6) is 0 Å². The number of hydrogen-bond acceptors (Lipinski definition) is 4. The number of benzene rings is 1. The van der Waals surface area contributed by atoms with Crippen LogP contribution >= 0.6 is 11.3 Å². The molecule has 0 saturated heterocycles. The number of aromatic nitrogens is 2. The second kappa shape index (κ2) is 6.22. The maximum Gasteiger partial charge on any atom is 0.138 e. The number of anilines is 1. The zero-order valence-electron chi connectivity index (χ0n) is 12.4. The average Bonchev–Trinajstić information content (AvgIpc) is 2.91. The fraction of sp³-hybridized carbons (Fsp3) is 0.294. The summed E-state index contributed by atoms with van der Waals surface area (Å²) in [6.45, 7) is 5.01. The molecule has 0 spiro atoms. The van der Waals surface area contributed by atoms with Crippen LogP contribution in [0.25, 0.3) is 10.2 Å². The van der Waals surface area contributed by atoms with E-state index in [0.717, 1.165) is 41.2 Å². The van der Waals surface area contributed by atoms with Crippen molar-refractivity contribution >= 4 is 27.4 Å². The zero-order valence-corrected chi connectivity index (χ0v) is 13.2. The van der Waals surface area contributed by atoms with Gasteiger partial charge in [0.2, 0.25) is 0 Å². The Bertz CT molecular complexity index is 734. The van der Waals surface area contributed by atoms with Crippen LogP contribution in [0.1, 0.15) is 23.2 Å². The average molecular weight is 297 g/mol. The number of thiophene rings is 1. The molecule has 3 aromatic rings. The minimum Gasteiger partial charge on any atom is -0.369 e. The van der Waals surface area contributed by atoms with Crippen molar-refractivity contribution in [3.63, 3.8) is 0 Å². The molecule has 108 valence electrons. The van der Waals surface area contributed by atoms with Crippen LogP contribution in [0.2, 0.25) is 0 Å². The third-order valence-corrected chi connectivity index (χ3v) is 4.63. The minimum absolute atomic E-state index is 0.828. The van der Waals surface area contributed by atoms with Crippen molar-refractivity contribution in [1.29, 1.82) is 0 Å². The monoisotopic (exact) mass is 297 g/mol. The lowest BCUT2D eigenvalue weighted by atomic mass is 10.1. The maximum atomic E-state index is 4.56. The third-order valence-electron chi connectivity index (χ3n) is 3.45. The Kier molecular flexibility index (Phi) is 4.15. The van der Waals surface area contributed by atoms with Crippen LogP contribution in [0.4, 0.5) is 5.82 Å². The van der Waals surface area contributed by atoms with Crippen LogP contribution < -0.4 is 5.32 Å². The van der Waals surface area contributed by atoms with Crippen LogP contribution in [0.3, 0.4) is 0 Å². The van der Waals surface area contributed by atoms with Crippen LogP contribution in [-0.4, -0.2) is 16.5 Å². The van der Waals surface area contributed by atoms with Gasteiger partial charge in [-0.25, -0.2) is 9.97 Å². The lowest BCUT2D eigenvalue weighted by Gasteiger charge is -2.07. The highest BCUT2D eigenvalue weighted by atomic mass is 32.1. The smallest absolute Gasteiger partial charge is 0.138 e. The summed E-state index contributed by atoms with van der Waals surface area (Å²) in [6, 6.07) is 12.7. The Morgan fingerprint density at radius 2 is 1.95 bits per heavy atom. The molecule has 1 N–H and O–H groups in total. The Hall–Kier alpha value is -1.94. The van der Waals surface area contributed by atoms with Gasteiger partial charge in [0.05, 0.1) is 5.39 Å². The molecule has 0 aliphatic heterocycles. The van der Waals surface area contributed by atoms with Gasteiger partial charge >= 0.3 is 0 Å². The Morgan fingerprint density at radius 3 is 2.71 bits per heavy atom. The molecule has 4 heteroatoms. The first kappa shape index (κ1) is 14.0. The maximum absolute atomic E-state index is 4.56. The van der Waals surface area contributed by atoms with Crippen molar-refractivity contribution in [3.8, 4) is 0 Å². The molecule has 1 aromatic carbocycles. The van der Waals surface area contributed by atoms with Gasteiger partial charge in [0.25, 0.3) is 0 Å². The van der Waals surface area contributed by atoms with Crippen LogP contribution in [-0.2, 0) is 12.8 Å². The highest BCUT2D eigenvalue weighted by molar-refractivity contribution is 7.18. The molecule has 0 atom stereocenters. The predicted molar refractivity (Wildman–Crippen MR) is 90.2 cm³/mol. The summed E-state index contributed by atoms with van der Waals surface area (Å²) in [7, 11) is 0. The first-order valence-corrected chi connectivity index (χ1v) is 8.12. The molecular weight excluding hydrogens is 278 g/mol. The molecule has 0 aliphatic rings. The first-order chi connectivity index (χ1) is 10.3. The quantitative estimate of drug-likeness (QED) is 0.766. The van der Waals surface area contributed by atoms with Crippen molar-refractivity contribution in [3.05, 3.63) is 52.7 Å². The molecule has 0 fully saturated rings. The molecule has 0 radical (unpaired) electrons. The van der Waals surface area contributed by atoms with Crippen molar-refractivity contribution in [2.75, 3.05) is 11.9 Å². The summed E-state index contributed by atoms with van der Waals surface area (Å²) in [5.41, 5.74) is 1.34. The van der Waals surface area contributed by atoms with Crippen molar-refractivity contribution in [2.24, 2.45) is 0 Å². The van der Waals surface area contributed by atoms with Gasteiger partial charge in [-0.1, -0.05) is 37.3 Å². The zero-order chi connectivity index (χ0) is 14.7. The Labute approximate surface area is 129 Å². The van der Waals surface area contributed by atoms with Gasteiger partial charge in [-0.3, -0.25) is 0 Å². The van der Waals surface area contributed by atoms with Crippen molar-refractivity contribution in [1.82, 2.24) is 9.97 Å². The van der Waals surface area contributed by atoms with Crippen LogP contribution in [0, 0.1) is 6.92 Å². The second-order valence-electron chi connectivity index (χ2n) is 5.07. The minimum atomic E-state index is 0.828. The fourth-order valence-electron chi connectivity index (χ4n) is 2.36. The lowest BCUT2D eigenvalue weighted by Crippen LogP contribution is -2.07. The highest BCUT2D eigenvalue weighted by Gasteiger charge is 2.09. The second-order valence-corrected chi connectivity index (χ2v) is 6.18. The van der Waals surface area contributed by atoms with Gasteiger partial charge in [-0.15, -0.1) is 11.3 Å². The van der Waals surface area contributed by atoms with Gasteiger partial charge in [-0.2, -0.15) is 0 Å². The standard InChI is InChI=1S/C17H19N3S/c1-3-14-11-15-16(19-12(2)20-17(15)21-14)18-10-9-13-7-5-4-6-8-13/h4-8,11H,3,9-10H2,1-2H3,(H,18,19,20). The van der Waals surface area contributed by atoms with E-state index >= 15 is 0 Å². The van der Waals surface area contributed by atoms with E-state index < -0.39 is 0 Å². The topological polar surface area (TPSA) is 37.8 Å². The van der Waals surface area contributed by atoms with Gasteiger partial charge in [0, 0.05) is 11.4 Å². The van der Waals surface area contributed by atoms with E-state index in [2.05, 4.69) is 52.5 Å². The van der Waals surface area contributed by atoms with E-state index in [-0.39, 0.29) is 0 Å². The number of hydrogen-bond donors (Lipinski definition) is 1. The number of nitrogens with zero attached hydrogens (tertiary/aromatic N) is 2. The van der Waals surface area contributed by atoms with Gasteiger partial charge in [0.1, 0.15) is 16.5 Å². The summed E-state index contributed by atoms with van der Waals surface area (Å²) in [6.07, 6.45) is 2.04. The molecule has 3 nitrogen and oxygen atoms in total. The molecule has 0 bridgehead atoms. The number of nitrogens with one attached hydrogen (secondary N) is 1. The van der Waals surface area contributed by atoms with Gasteiger partial charge < -0.3 is 5.32 Å². The summed E-state index contributed by atoms with van der Waals surface area (Å²) in [5, 5.41) is 4.62.